The molecule has 0 aromatic heterocycles. The van der Waals surface area contributed by atoms with Gasteiger partial charge >= 0.3 is 0 Å². The van der Waals surface area contributed by atoms with Crippen LogP contribution in [0.2, 0.25) is 5.02 Å². The molecule has 0 saturated heterocycles. The number of hydrogen-bond acceptors (Lipinski definition) is 1. The summed E-state index contributed by atoms with van der Waals surface area (Å²) in [6, 6.07) is 11.6. The average molecular weight is 287 g/mol. The minimum Gasteiger partial charge on any atom is -0.289 e. The lowest BCUT2D eigenvalue weighted by Crippen LogP contribution is -2.06. The second kappa shape index (κ2) is 6.23. The maximum absolute atomic E-state index is 12.7. The molecule has 0 fully saturated rings. The molecule has 0 N–H and O–H groups in total. The quantitative estimate of drug-likeness (QED) is 0.723. The van der Waals surface area contributed by atoms with E-state index in [2.05, 4.69) is 26.0 Å². The molecule has 2 aromatic rings. The molecule has 0 atom stereocenters. The summed E-state index contributed by atoms with van der Waals surface area (Å²) >= 11 is 6.03. The van der Waals surface area contributed by atoms with Crippen LogP contribution in [0.5, 0.6) is 0 Å². The van der Waals surface area contributed by atoms with E-state index in [4.69, 9.17) is 11.6 Å². The van der Waals surface area contributed by atoms with Gasteiger partial charge in [0.05, 0.1) is 0 Å². The molecule has 0 aliphatic heterocycles. The maximum atomic E-state index is 12.7. The lowest BCUT2D eigenvalue weighted by molar-refractivity contribution is 0.103. The van der Waals surface area contributed by atoms with Gasteiger partial charge in [-0.1, -0.05) is 37.6 Å². The van der Waals surface area contributed by atoms with Crippen LogP contribution >= 0.6 is 11.6 Å². The van der Waals surface area contributed by atoms with E-state index in [-0.39, 0.29) is 5.78 Å². The third-order valence-corrected chi connectivity index (χ3v) is 4.05. The fraction of sp³-hybridized carbons (Fsp3) is 0.278. The Morgan fingerprint density at radius 2 is 1.80 bits per heavy atom. The molecule has 0 bridgehead atoms. The minimum atomic E-state index is 0.0805. The molecule has 0 unspecified atom stereocenters. The van der Waals surface area contributed by atoms with Crippen molar-refractivity contribution in [1.82, 2.24) is 0 Å². The van der Waals surface area contributed by atoms with Crippen molar-refractivity contribution < 1.29 is 4.79 Å². The Bertz CT molecular complexity index is 644. The monoisotopic (exact) mass is 286 g/mol. The highest BCUT2D eigenvalue weighted by Crippen LogP contribution is 2.21. The van der Waals surface area contributed by atoms with E-state index >= 15 is 0 Å². The van der Waals surface area contributed by atoms with Crippen LogP contribution in [0.25, 0.3) is 0 Å². The Morgan fingerprint density at radius 3 is 2.40 bits per heavy atom. The van der Waals surface area contributed by atoms with Crippen LogP contribution in [-0.2, 0) is 12.8 Å². The number of carbonyl (C=O) groups is 1. The van der Waals surface area contributed by atoms with Gasteiger partial charge in [-0.2, -0.15) is 0 Å². The average Bonchev–Trinajstić information content (AvgIpc) is 2.48. The molecule has 20 heavy (non-hydrogen) atoms. The Balaban J connectivity index is 2.48. The molecule has 0 saturated carbocycles. The first kappa shape index (κ1) is 14.8. The molecule has 2 heteroatoms. The van der Waals surface area contributed by atoms with Gasteiger partial charge in [-0.25, -0.2) is 0 Å². The number of ketones is 1. The number of aryl methyl sites for hydroxylation is 3. The predicted octanol–water partition coefficient (Wildman–Crippen LogP) is 5.00. The van der Waals surface area contributed by atoms with Gasteiger partial charge in [0.25, 0.3) is 0 Å². The summed E-state index contributed by atoms with van der Waals surface area (Å²) in [7, 11) is 0. The second-order valence-corrected chi connectivity index (χ2v) is 5.40. The fourth-order valence-electron chi connectivity index (χ4n) is 2.30. The lowest BCUT2D eigenvalue weighted by Gasteiger charge is -2.10. The van der Waals surface area contributed by atoms with Crippen molar-refractivity contribution in [2.45, 2.75) is 33.6 Å². The standard InChI is InChI=1S/C18H19ClO/c1-4-13-6-7-14(5-2)16(11-13)18(20)15-8-9-17(19)12(3)10-15/h6-11H,4-5H2,1-3H3. The molecule has 1 nitrogen and oxygen atoms in total. The van der Waals surface area contributed by atoms with Crippen LogP contribution in [0.15, 0.2) is 36.4 Å². The summed E-state index contributed by atoms with van der Waals surface area (Å²) in [5, 5.41) is 0.694. The first-order valence-corrected chi connectivity index (χ1v) is 7.37. The molecule has 2 aromatic carbocycles. The zero-order valence-electron chi connectivity index (χ0n) is 12.2. The number of benzene rings is 2. The Kier molecular flexibility index (Phi) is 4.61. The van der Waals surface area contributed by atoms with E-state index in [1.807, 2.05) is 19.1 Å². The lowest BCUT2D eigenvalue weighted by atomic mass is 9.94. The van der Waals surface area contributed by atoms with Crippen LogP contribution in [0.4, 0.5) is 0 Å². The van der Waals surface area contributed by atoms with Crippen molar-refractivity contribution in [1.29, 1.82) is 0 Å². The Morgan fingerprint density at radius 1 is 1.05 bits per heavy atom. The largest absolute Gasteiger partial charge is 0.289 e. The molecule has 0 aliphatic rings. The number of carbonyl (C=O) groups excluding carboxylic acids is 1. The van der Waals surface area contributed by atoms with E-state index in [0.717, 1.165) is 29.5 Å². The summed E-state index contributed by atoms with van der Waals surface area (Å²) in [6.07, 6.45) is 1.79. The molecule has 0 aliphatic carbocycles. The van der Waals surface area contributed by atoms with Gasteiger partial charge in [0.1, 0.15) is 0 Å². The third kappa shape index (κ3) is 2.94. The van der Waals surface area contributed by atoms with Gasteiger partial charge in [-0.15, -0.1) is 0 Å². The SMILES string of the molecule is CCc1ccc(CC)c(C(=O)c2ccc(Cl)c(C)c2)c1. The normalized spacial score (nSPS) is 10.6. The van der Waals surface area contributed by atoms with E-state index in [0.29, 0.717) is 10.6 Å². The highest BCUT2D eigenvalue weighted by atomic mass is 35.5. The Labute approximate surface area is 125 Å². The van der Waals surface area contributed by atoms with Crippen LogP contribution in [-0.4, -0.2) is 5.78 Å². The van der Waals surface area contributed by atoms with Crippen LogP contribution in [0.3, 0.4) is 0 Å². The van der Waals surface area contributed by atoms with Crippen LogP contribution < -0.4 is 0 Å². The highest BCUT2D eigenvalue weighted by Gasteiger charge is 2.14. The van der Waals surface area contributed by atoms with Crippen LogP contribution in [0, 0.1) is 6.92 Å². The smallest absolute Gasteiger partial charge is 0.193 e. The summed E-state index contributed by atoms with van der Waals surface area (Å²) < 4.78 is 0. The van der Waals surface area contributed by atoms with Gasteiger partial charge < -0.3 is 0 Å². The van der Waals surface area contributed by atoms with Crippen molar-refractivity contribution in [2.75, 3.05) is 0 Å². The molecule has 2 rings (SSSR count). The summed E-state index contributed by atoms with van der Waals surface area (Å²) in [4.78, 5) is 12.7. The first-order valence-electron chi connectivity index (χ1n) is 6.99. The van der Waals surface area contributed by atoms with Crippen LogP contribution in [0.1, 0.15) is 46.5 Å². The maximum Gasteiger partial charge on any atom is 0.193 e. The molecule has 0 amide bonds. The van der Waals surface area contributed by atoms with Gasteiger partial charge in [-0.05, 0) is 60.7 Å². The number of hydrogen-bond donors (Lipinski definition) is 0. The summed E-state index contributed by atoms with van der Waals surface area (Å²) in [5.74, 6) is 0.0805. The van der Waals surface area contributed by atoms with Gasteiger partial charge in [0.2, 0.25) is 0 Å². The predicted molar refractivity (Wildman–Crippen MR) is 84.8 cm³/mol. The first-order chi connectivity index (χ1) is 9.56. The van der Waals surface area contributed by atoms with E-state index in [1.54, 1.807) is 12.1 Å². The topological polar surface area (TPSA) is 17.1 Å². The molecular weight excluding hydrogens is 268 g/mol. The fourth-order valence-corrected chi connectivity index (χ4v) is 2.42. The van der Waals surface area contributed by atoms with E-state index < -0.39 is 0 Å². The summed E-state index contributed by atoms with van der Waals surface area (Å²) in [5.41, 5.74) is 4.74. The van der Waals surface area contributed by atoms with Crippen molar-refractivity contribution in [3.8, 4) is 0 Å². The second-order valence-electron chi connectivity index (χ2n) is 4.99. The van der Waals surface area contributed by atoms with Crippen molar-refractivity contribution in [3.63, 3.8) is 0 Å². The highest BCUT2D eigenvalue weighted by molar-refractivity contribution is 6.31. The van der Waals surface area contributed by atoms with Gasteiger partial charge in [0.15, 0.2) is 5.78 Å². The zero-order chi connectivity index (χ0) is 14.7. The number of halogens is 1. The van der Waals surface area contributed by atoms with Crippen molar-refractivity contribution in [2.24, 2.45) is 0 Å². The number of rotatable bonds is 4. The zero-order valence-corrected chi connectivity index (χ0v) is 12.9. The van der Waals surface area contributed by atoms with Gasteiger partial charge in [-0.3, -0.25) is 4.79 Å². The Hall–Kier alpha value is -1.60. The molecular formula is C18H19ClO. The van der Waals surface area contributed by atoms with Crippen molar-refractivity contribution >= 4 is 17.4 Å². The molecule has 0 spiro atoms. The molecule has 0 radical (unpaired) electrons. The van der Waals surface area contributed by atoms with Crippen molar-refractivity contribution in [3.05, 3.63) is 69.2 Å². The van der Waals surface area contributed by atoms with E-state index in [9.17, 15) is 4.79 Å². The molecule has 104 valence electrons. The summed E-state index contributed by atoms with van der Waals surface area (Å²) in [6.45, 7) is 6.09. The molecule has 0 heterocycles. The van der Waals surface area contributed by atoms with E-state index in [1.165, 1.54) is 5.56 Å². The van der Waals surface area contributed by atoms with Gasteiger partial charge in [0, 0.05) is 16.1 Å². The third-order valence-electron chi connectivity index (χ3n) is 3.63. The minimum absolute atomic E-state index is 0.0805.